The average Bonchev–Trinajstić information content (AvgIpc) is 2.93. The molecule has 0 bridgehead atoms. The Morgan fingerprint density at radius 3 is 2.59 bits per heavy atom. The van der Waals surface area contributed by atoms with Crippen molar-refractivity contribution in [3.63, 3.8) is 0 Å². The SMILES string of the molecule is CC(NC(=O)c1cc(F)c(O)c(C=O)c1)[C@@H](C)N1CC(C)(C)c2cc(F)ccc21. The molecule has 5 nitrogen and oxygen atoms in total. The van der Waals surface area contributed by atoms with Crippen LogP contribution in [0.1, 0.15) is 54.0 Å². The minimum absolute atomic E-state index is 0.0503. The third-order valence-electron chi connectivity index (χ3n) is 5.62. The van der Waals surface area contributed by atoms with Crippen molar-refractivity contribution in [3.05, 3.63) is 58.7 Å². The van der Waals surface area contributed by atoms with Crippen molar-refractivity contribution in [2.75, 3.05) is 11.4 Å². The molecule has 7 heteroatoms. The van der Waals surface area contributed by atoms with Gasteiger partial charge in [-0.3, -0.25) is 9.59 Å². The number of anilines is 1. The van der Waals surface area contributed by atoms with Gasteiger partial charge in [-0.25, -0.2) is 8.78 Å². The third-order valence-corrected chi connectivity index (χ3v) is 5.62. The second-order valence-electron chi connectivity index (χ2n) is 8.19. The summed E-state index contributed by atoms with van der Waals surface area (Å²) >= 11 is 0. The van der Waals surface area contributed by atoms with E-state index < -0.39 is 17.5 Å². The predicted octanol–water partition coefficient (Wildman–Crippen LogP) is 3.79. The number of carbonyl (C=O) groups is 2. The van der Waals surface area contributed by atoms with Gasteiger partial charge in [-0.05, 0) is 49.7 Å². The molecule has 0 radical (unpaired) electrons. The van der Waals surface area contributed by atoms with Crippen molar-refractivity contribution in [3.8, 4) is 5.75 Å². The zero-order valence-electron chi connectivity index (χ0n) is 16.8. The van der Waals surface area contributed by atoms with Crippen LogP contribution >= 0.6 is 0 Å². The fourth-order valence-corrected chi connectivity index (χ4v) is 3.78. The van der Waals surface area contributed by atoms with E-state index in [1.165, 1.54) is 6.07 Å². The van der Waals surface area contributed by atoms with Gasteiger partial charge in [-0.1, -0.05) is 13.8 Å². The van der Waals surface area contributed by atoms with Gasteiger partial charge in [0.05, 0.1) is 5.56 Å². The summed E-state index contributed by atoms with van der Waals surface area (Å²) < 4.78 is 27.5. The van der Waals surface area contributed by atoms with E-state index in [1.807, 2.05) is 27.7 Å². The molecule has 29 heavy (non-hydrogen) atoms. The molecule has 1 aliphatic rings. The smallest absolute Gasteiger partial charge is 0.251 e. The van der Waals surface area contributed by atoms with Gasteiger partial charge in [0.25, 0.3) is 5.91 Å². The number of aldehydes is 1. The highest BCUT2D eigenvalue weighted by Gasteiger charge is 2.38. The number of rotatable bonds is 5. The summed E-state index contributed by atoms with van der Waals surface area (Å²) in [6, 6.07) is 6.30. The van der Waals surface area contributed by atoms with E-state index in [0.29, 0.717) is 12.8 Å². The molecule has 1 amide bonds. The minimum atomic E-state index is -1.03. The Morgan fingerprint density at radius 2 is 1.93 bits per heavy atom. The van der Waals surface area contributed by atoms with Crippen LogP contribution < -0.4 is 10.2 Å². The zero-order valence-corrected chi connectivity index (χ0v) is 16.8. The number of amides is 1. The van der Waals surface area contributed by atoms with Crippen molar-refractivity contribution < 1.29 is 23.5 Å². The van der Waals surface area contributed by atoms with Gasteiger partial charge in [0.15, 0.2) is 17.9 Å². The molecule has 154 valence electrons. The van der Waals surface area contributed by atoms with Crippen LogP contribution in [-0.4, -0.2) is 35.9 Å². The van der Waals surface area contributed by atoms with Crippen LogP contribution in [0.25, 0.3) is 0 Å². The van der Waals surface area contributed by atoms with E-state index in [-0.39, 0.29) is 34.4 Å². The molecular weight excluding hydrogens is 378 g/mol. The molecule has 1 aliphatic heterocycles. The van der Waals surface area contributed by atoms with Crippen molar-refractivity contribution in [1.29, 1.82) is 0 Å². The summed E-state index contributed by atoms with van der Waals surface area (Å²) in [5.41, 5.74) is 1.26. The Hall–Kier alpha value is -2.96. The molecule has 2 aromatic rings. The van der Waals surface area contributed by atoms with Crippen LogP contribution in [0, 0.1) is 11.6 Å². The maximum absolute atomic E-state index is 13.8. The molecular formula is C22H24F2N2O3. The van der Waals surface area contributed by atoms with Crippen LogP contribution in [0.5, 0.6) is 5.75 Å². The van der Waals surface area contributed by atoms with Gasteiger partial charge in [-0.2, -0.15) is 0 Å². The first-order valence-electron chi connectivity index (χ1n) is 9.40. The van der Waals surface area contributed by atoms with E-state index in [0.717, 1.165) is 23.4 Å². The Morgan fingerprint density at radius 1 is 1.24 bits per heavy atom. The molecule has 0 fully saturated rings. The molecule has 2 atom stereocenters. The lowest BCUT2D eigenvalue weighted by molar-refractivity contribution is 0.0934. The highest BCUT2D eigenvalue weighted by atomic mass is 19.1. The number of benzene rings is 2. The molecule has 2 aromatic carbocycles. The summed E-state index contributed by atoms with van der Waals surface area (Å²) in [7, 11) is 0. The van der Waals surface area contributed by atoms with Crippen LogP contribution in [-0.2, 0) is 5.41 Å². The monoisotopic (exact) mass is 402 g/mol. The van der Waals surface area contributed by atoms with Crippen LogP contribution in [0.3, 0.4) is 0 Å². The largest absolute Gasteiger partial charge is 0.504 e. The van der Waals surface area contributed by atoms with E-state index in [9.17, 15) is 23.5 Å². The van der Waals surface area contributed by atoms with Gasteiger partial charge in [0, 0.05) is 35.3 Å². The van der Waals surface area contributed by atoms with Crippen molar-refractivity contribution >= 4 is 17.9 Å². The summed E-state index contributed by atoms with van der Waals surface area (Å²) in [5, 5.41) is 12.3. The molecule has 1 unspecified atom stereocenters. The summed E-state index contributed by atoms with van der Waals surface area (Å²) in [4.78, 5) is 25.7. The number of carbonyl (C=O) groups excluding carboxylic acids is 2. The Kier molecular flexibility index (Phi) is 5.34. The maximum atomic E-state index is 13.8. The van der Waals surface area contributed by atoms with Crippen molar-refractivity contribution in [2.24, 2.45) is 0 Å². The summed E-state index contributed by atoms with van der Waals surface area (Å²) in [6.45, 7) is 8.53. The quantitative estimate of drug-likeness (QED) is 0.747. The van der Waals surface area contributed by atoms with Gasteiger partial charge < -0.3 is 15.3 Å². The van der Waals surface area contributed by atoms with Crippen molar-refractivity contribution in [2.45, 2.75) is 45.2 Å². The molecule has 0 spiro atoms. The van der Waals surface area contributed by atoms with Gasteiger partial charge in [-0.15, -0.1) is 0 Å². The number of phenols is 1. The van der Waals surface area contributed by atoms with Crippen molar-refractivity contribution in [1.82, 2.24) is 5.32 Å². The van der Waals surface area contributed by atoms with Gasteiger partial charge in [0.2, 0.25) is 0 Å². The lowest BCUT2D eigenvalue weighted by Crippen LogP contribution is -2.49. The Bertz CT molecular complexity index is 975. The number of phenolic OH excluding ortho intramolecular Hbond substituents is 1. The Labute approximate surface area is 168 Å². The standard InChI is InChI=1S/C22H24F2N2O3/c1-12(25-21(29)14-7-15(10-27)20(28)18(24)8-14)13(2)26-11-22(3,4)17-9-16(23)5-6-19(17)26/h5-10,12-13,28H,11H2,1-4H3,(H,25,29)/t12?,13-/m1/s1. The lowest BCUT2D eigenvalue weighted by atomic mass is 9.87. The first-order chi connectivity index (χ1) is 13.5. The highest BCUT2D eigenvalue weighted by Crippen LogP contribution is 2.42. The molecule has 0 saturated carbocycles. The Balaban J connectivity index is 1.80. The van der Waals surface area contributed by atoms with E-state index in [2.05, 4.69) is 10.2 Å². The second-order valence-corrected chi connectivity index (χ2v) is 8.19. The highest BCUT2D eigenvalue weighted by molar-refractivity contribution is 5.96. The number of hydrogen-bond acceptors (Lipinski definition) is 4. The molecule has 0 saturated heterocycles. The van der Waals surface area contributed by atoms with E-state index in [1.54, 1.807) is 12.1 Å². The topological polar surface area (TPSA) is 69.6 Å². The number of aromatic hydroxyl groups is 1. The zero-order chi connectivity index (χ0) is 21.5. The van der Waals surface area contributed by atoms with Crippen LogP contribution in [0.2, 0.25) is 0 Å². The van der Waals surface area contributed by atoms with Gasteiger partial charge >= 0.3 is 0 Å². The molecule has 2 N–H and O–H groups in total. The predicted molar refractivity (Wildman–Crippen MR) is 107 cm³/mol. The number of fused-ring (bicyclic) bond motifs is 1. The fourth-order valence-electron chi connectivity index (χ4n) is 3.78. The minimum Gasteiger partial charge on any atom is -0.504 e. The summed E-state index contributed by atoms with van der Waals surface area (Å²) in [6.07, 6.45) is 0.295. The number of nitrogens with zero attached hydrogens (tertiary/aromatic N) is 1. The van der Waals surface area contributed by atoms with E-state index >= 15 is 0 Å². The van der Waals surface area contributed by atoms with Gasteiger partial charge in [0.1, 0.15) is 5.82 Å². The average molecular weight is 402 g/mol. The maximum Gasteiger partial charge on any atom is 0.251 e. The van der Waals surface area contributed by atoms with Crippen LogP contribution in [0.15, 0.2) is 30.3 Å². The molecule has 0 aromatic heterocycles. The lowest BCUT2D eigenvalue weighted by Gasteiger charge is -2.33. The van der Waals surface area contributed by atoms with E-state index in [4.69, 9.17) is 0 Å². The number of hydrogen-bond donors (Lipinski definition) is 2. The van der Waals surface area contributed by atoms with Crippen LogP contribution in [0.4, 0.5) is 14.5 Å². The third kappa shape index (κ3) is 3.81. The first kappa shape index (κ1) is 20.8. The molecule has 0 aliphatic carbocycles. The molecule has 3 rings (SSSR count). The number of halogens is 2. The normalized spacial score (nSPS) is 16.8. The molecule has 1 heterocycles. The summed E-state index contributed by atoms with van der Waals surface area (Å²) in [5.74, 6) is -2.64. The first-order valence-corrected chi connectivity index (χ1v) is 9.40. The second kappa shape index (κ2) is 7.46. The number of nitrogens with one attached hydrogen (secondary N) is 1. The fraction of sp³-hybridized carbons (Fsp3) is 0.364.